The van der Waals surface area contributed by atoms with Crippen molar-refractivity contribution in [1.29, 1.82) is 5.26 Å². The van der Waals surface area contributed by atoms with Gasteiger partial charge in [-0.25, -0.2) is 0 Å². The molecule has 0 saturated heterocycles. The molecule has 96 valence electrons. The number of nitrogens with two attached hydrogens (primary N) is 1. The zero-order valence-electron chi connectivity index (χ0n) is 10.6. The second-order valence-electron chi connectivity index (χ2n) is 4.37. The number of nitrogen functional groups attached to an aromatic ring is 1. The molecule has 2 aromatic carbocycles. The van der Waals surface area contributed by atoms with Crippen LogP contribution in [0.1, 0.15) is 11.1 Å². The topological polar surface area (TPSA) is 53.0 Å². The third kappa shape index (κ3) is 3.27. The van der Waals surface area contributed by atoms with Crippen LogP contribution in [-0.4, -0.2) is 7.05 Å². The highest BCUT2D eigenvalue weighted by atomic mass is 79.9. The van der Waals surface area contributed by atoms with Gasteiger partial charge in [0.05, 0.1) is 11.3 Å². The molecule has 0 atom stereocenters. The Morgan fingerprint density at radius 2 is 1.89 bits per heavy atom. The van der Waals surface area contributed by atoms with Crippen molar-refractivity contribution in [1.82, 2.24) is 0 Å². The monoisotopic (exact) mass is 315 g/mol. The maximum Gasteiger partial charge on any atom is 0.101 e. The summed E-state index contributed by atoms with van der Waals surface area (Å²) in [5.41, 5.74) is 9.16. The number of benzene rings is 2. The van der Waals surface area contributed by atoms with Crippen LogP contribution in [0.5, 0.6) is 0 Å². The molecule has 2 rings (SSSR count). The number of nitriles is 1. The van der Waals surface area contributed by atoms with Crippen molar-refractivity contribution in [2.45, 2.75) is 6.54 Å². The zero-order valence-corrected chi connectivity index (χ0v) is 12.2. The number of halogens is 1. The van der Waals surface area contributed by atoms with Gasteiger partial charge in [-0.15, -0.1) is 0 Å². The average Bonchev–Trinajstić information content (AvgIpc) is 2.41. The van der Waals surface area contributed by atoms with Crippen LogP contribution < -0.4 is 10.6 Å². The van der Waals surface area contributed by atoms with Crippen molar-refractivity contribution in [3.05, 3.63) is 58.1 Å². The summed E-state index contributed by atoms with van der Waals surface area (Å²) in [4.78, 5) is 2.05. The van der Waals surface area contributed by atoms with Crippen LogP contribution in [0.25, 0.3) is 0 Å². The quantitative estimate of drug-likeness (QED) is 0.881. The van der Waals surface area contributed by atoms with Crippen LogP contribution >= 0.6 is 15.9 Å². The predicted molar refractivity (Wildman–Crippen MR) is 81.8 cm³/mol. The zero-order chi connectivity index (χ0) is 13.8. The van der Waals surface area contributed by atoms with E-state index in [1.54, 1.807) is 0 Å². The van der Waals surface area contributed by atoms with Crippen molar-refractivity contribution in [2.24, 2.45) is 0 Å². The molecule has 0 aliphatic carbocycles. The smallest absolute Gasteiger partial charge is 0.101 e. The minimum absolute atomic E-state index is 0.660. The summed E-state index contributed by atoms with van der Waals surface area (Å²) in [5, 5.41) is 9.18. The van der Waals surface area contributed by atoms with Crippen molar-refractivity contribution < 1.29 is 0 Å². The summed E-state index contributed by atoms with van der Waals surface area (Å²) < 4.78 is 0.911. The molecular weight excluding hydrogens is 302 g/mol. The lowest BCUT2D eigenvalue weighted by atomic mass is 10.1. The molecule has 0 heterocycles. The lowest BCUT2D eigenvalue weighted by molar-refractivity contribution is 0.921. The van der Waals surface area contributed by atoms with Gasteiger partial charge in [0, 0.05) is 23.8 Å². The van der Waals surface area contributed by atoms with Crippen molar-refractivity contribution in [3.63, 3.8) is 0 Å². The first-order chi connectivity index (χ1) is 9.10. The largest absolute Gasteiger partial charge is 0.399 e. The number of rotatable bonds is 3. The highest BCUT2D eigenvalue weighted by molar-refractivity contribution is 9.10. The molecule has 0 aliphatic heterocycles. The van der Waals surface area contributed by atoms with Crippen molar-refractivity contribution in [2.75, 3.05) is 17.7 Å². The van der Waals surface area contributed by atoms with Crippen molar-refractivity contribution in [3.8, 4) is 6.07 Å². The average molecular weight is 316 g/mol. The van der Waals surface area contributed by atoms with Crippen LogP contribution in [0.3, 0.4) is 0 Å². The Bertz CT molecular complexity index is 614. The van der Waals surface area contributed by atoms with Crippen LogP contribution in [0.2, 0.25) is 0 Å². The first-order valence-electron chi connectivity index (χ1n) is 5.85. The molecule has 0 bridgehead atoms. The fourth-order valence-electron chi connectivity index (χ4n) is 1.91. The van der Waals surface area contributed by atoms with E-state index >= 15 is 0 Å². The molecule has 0 radical (unpaired) electrons. The van der Waals surface area contributed by atoms with Gasteiger partial charge in [0.15, 0.2) is 0 Å². The summed E-state index contributed by atoms with van der Waals surface area (Å²) >= 11 is 3.38. The van der Waals surface area contributed by atoms with Crippen LogP contribution in [-0.2, 0) is 6.54 Å². The van der Waals surface area contributed by atoms with Gasteiger partial charge in [0.2, 0.25) is 0 Å². The molecule has 3 nitrogen and oxygen atoms in total. The number of hydrogen-bond acceptors (Lipinski definition) is 3. The molecule has 19 heavy (non-hydrogen) atoms. The maximum absolute atomic E-state index is 9.18. The Kier molecular flexibility index (Phi) is 4.08. The third-order valence-corrected chi connectivity index (χ3v) is 3.38. The number of nitrogens with zero attached hydrogens (tertiary/aromatic N) is 2. The predicted octanol–water partition coefficient (Wildman–Crippen LogP) is 3.54. The molecule has 0 fully saturated rings. The SMILES string of the molecule is CN(Cc1ccc(N)cc1)c1ccc(Br)cc1C#N. The molecule has 0 spiro atoms. The Balaban J connectivity index is 2.23. The van der Waals surface area contributed by atoms with E-state index in [0.717, 1.165) is 28.0 Å². The Labute approximate surface area is 121 Å². The summed E-state index contributed by atoms with van der Waals surface area (Å²) in [7, 11) is 1.97. The summed E-state index contributed by atoms with van der Waals surface area (Å²) in [6.07, 6.45) is 0. The Morgan fingerprint density at radius 3 is 2.53 bits per heavy atom. The molecule has 0 aliphatic rings. The summed E-state index contributed by atoms with van der Waals surface area (Å²) in [5.74, 6) is 0. The molecule has 0 unspecified atom stereocenters. The molecule has 0 amide bonds. The molecule has 0 aromatic heterocycles. The standard InChI is InChI=1S/C15H14BrN3/c1-19(10-11-2-5-14(18)6-3-11)15-7-4-13(16)8-12(15)9-17/h2-8H,10,18H2,1H3. The molecular formula is C15H14BrN3. The van der Waals surface area contributed by atoms with Crippen LogP contribution in [0.15, 0.2) is 46.9 Å². The van der Waals surface area contributed by atoms with Crippen LogP contribution in [0.4, 0.5) is 11.4 Å². The minimum atomic E-state index is 0.660. The molecule has 2 aromatic rings. The van der Waals surface area contributed by atoms with E-state index in [0.29, 0.717) is 5.56 Å². The van der Waals surface area contributed by atoms with E-state index < -0.39 is 0 Å². The van der Waals surface area contributed by atoms with Gasteiger partial charge in [0.25, 0.3) is 0 Å². The summed E-state index contributed by atoms with van der Waals surface area (Å²) in [6.45, 7) is 0.733. The fraction of sp³-hybridized carbons (Fsp3) is 0.133. The van der Waals surface area contributed by atoms with Gasteiger partial charge >= 0.3 is 0 Å². The van der Waals surface area contributed by atoms with E-state index in [2.05, 4.69) is 26.9 Å². The maximum atomic E-state index is 9.18. The highest BCUT2D eigenvalue weighted by Crippen LogP contribution is 2.24. The number of hydrogen-bond donors (Lipinski definition) is 1. The number of anilines is 2. The second-order valence-corrected chi connectivity index (χ2v) is 5.29. The highest BCUT2D eigenvalue weighted by Gasteiger charge is 2.08. The van der Waals surface area contributed by atoms with Gasteiger partial charge in [-0.2, -0.15) is 5.26 Å². The first-order valence-corrected chi connectivity index (χ1v) is 6.64. The minimum Gasteiger partial charge on any atom is -0.399 e. The third-order valence-electron chi connectivity index (χ3n) is 2.89. The van der Waals surface area contributed by atoms with Crippen LogP contribution in [0, 0.1) is 11.3 Å². The summed E-state index contributed by atoms with van der Waals surface area (Å²) in [6, 6.07) is 15.7. The first kappa shape index (κ1) is 13.4. The second kappa shape index (κ2) is 5.77. The van der Waals surface area contributed by atoms with E-state index in [9.17, 15) is 5.26 Å². The van der Waals surface area contributed by atoms with E-state index in [1.807, 2.05) is 49.5 Å². The van der Waals surface area contributed by atoms with Gasteiger partial charge in [-0.05, 0) is 35.9 Å². The Morgan fingerprint density at radius 1 is 1.21 bits per heavy atom. The van der Waals surface area contributed by atoms with E-state index in [1.165, 1.54) is 0 Å². The molecule has 4 heteroatoms. The lowest BCUT2D eigenvalue weighted by Gasteiger charge is -2.20. The van der Waals surface area contributed by atoms with Gasteiger partial charge in [-0.3, -0.25) is 0 Å². The van der Waals surface area contributed by atoms with Gasteiger partial charge < -0.3 is 10.6 Å². The Hall–Kier alpha value is -1.99. The molecule has 2 N–H and O–H groups in total. The van der Waals surface area contributed by atoms with E-state index in [4.69, 9.17) is 5.73 Å². The fourth-order valence-corrected chi connectivity index (χ4v) is 2.27. The van der Waals surface area contributed by atoms with Gasteiger partial charge in [0.1, 0.15) is 6.07 Å². The van der Waals surface area contributed by atoms with Gasteiger partial charge in [-0.1, -0.05) is 28.1 Å². The normalized spacial score (nSPS) is 9.95. The molecule has 0 saturated carbocycles. The van der Waals surface area contributed by atoms with E-state index in [-0.39, 0.29) is 0 Å². The van der Waals surface area contributed by atoms with Crippen molar-refractivity contribution >= 4 is 27.3 Å². The lowest BCUT2D eigenvalue weighted by Crippen LogP contribution is -2.17.